The van der Waals surface area contributed by atoms with E-state index in [2.05, 4.69) is 20.4 Å². The molecule has 0 saturated heterocycles. The molecule has 0 saturated carbocycles. The number of likely N-dealkylation sites (N-methyl/N-ethyl adjacent to an activating group) is 1. The zero-order chi connectivity index (χ0) is 18.4. The molecule has 0 aliphatic heterocycles. The predicted octanol–water partition coefficient (Wildman–Crippen LogP) is 2.08. The molecule has 1 aromatic carbocycles. The van der Waals surface area contributed by atoms with Crippen LogP contribution in [0.5, 0.6) is 5.88 Å². The molecule has 0 radical (unpaired) electrons. The first-order valence-electron chi connectivity index (χ1n) is 7.84. The molecular weight excluding hydrogens is 320 g/mol. The summed E-state index contributed by atoms with van der Waals surface area (Å²) in [4.78, 5) is 25.6. The third-order valence-corrected chi connectivity index (χ3v) is 3.72. The highest BCUT2D eigenvalue weighted by atomic mass is 16.6. The van der Waals surface area contributed by atoms with Crippen LogP contribution in [0.2, 0.25) is 0 Å². The molecular formula is C18H22N4O3. The second-order valence-electron chi connectivity index (χ2n) is 5.43. The lowest BCUT2D eigenvalue weighted by atomic mass is 10.0. The zero-order valence-electron chi connectivity index (χ0n) is 15.1. The molecule has 1 N–H and O–H groups in total. The number of hydrogen-bond acceptors (Lipinski definition) is 6. The van der Waals surface area contributed by atoms with Crippen LogP contribution in [-0.2, 0) is 16.2 Å². The quantitative estimate of drug-likeness (QED) is 0.642. The molecule has 1 amide bonds. The molecule has 132 valence electrons. The standard InChI is InChI=1S/C18H22N4O3/c1-11-12(2)20-13(3)21-18(11)25-10-14-8-6-7-9-15(14)16(22-24-5)17(23)19-4/h6-9H,10H2,1-5H3,(H,19,23)/b22-16+. The number of oxime groups is 1. The number of rotatable bonds is 6. The minimum absolute atomic E-state index is 0.191. The first-order chi connectivity index (χ1) is 12.0. The van der Waals surface area contributed by atoms with Crippen LogP contribution < -0.4 is 10.1 Å². The number of carbonyl (C=O) groups is 1. The van der Waals surface area contributed by atoms with Gasteiger partial charge in [0.15, 0.2) is 5.71 Å². The topological polar surface area (TPSA) is 85.7 Å². The number of nitrogens with one attached hydrogen (secondary N) is 1. The Morgan fingerprint density at radius 3 is 2.60 bits per heavy atom. The maximum atomic E-state index is 12.1. The van der Waals surface area contributed by atoms with Gasteiger partial charge in [-0.05, 0) is 26.3 Å². The summed E-state index contributed by atoms with van der Waals surface area (Å²) >= 11 is 0. The molecule has 25 heavy (non-hydrogen) atoms. The Hall–Kier alpha value is -2.96. The number of ether oxygens (including phenoxy) is 1. The first kappa shape index (κ1) is 18.4. The van der Waals surface area contributed by atoms with E-state index in [1.165, 1.54) is 7.11 Å². The lowest BCUT2D eigenvalue weighted by molar-refractivity contribution is -0.114. The lowest BCUT2D eigenvalue weighted by Gasteiger charge is -2.13. The summed E-state index contributed by atoms with van der Waals surface area (Å²) in [6.07, 6.45) is 0. The van der Waals surface area contributed by atoms with E-state index >= 15 is 0 Å². The highest BCUT2D eigenvalue weighted by molar-refractivity contribution is 6.45. The highest BCUT2D eigenvalue weighted by Crippen LogP contribution is 2.20. The van der Waals surface area contributed by atoms with Crippen molar-refractivity contribution in [2.45, 2.75) is 27.4 Å². The lowest BCUT2D eigenvalue weighted by Crippen LogP contribution is -2.29. The van der Waals surface area contributed by atoms with E-state index in [0.717, 1.165) is 16.8 Å². The number of amides is 1. The van der Waals surface area contributed by atoms with Gasteiger partial charge in [-0.1, -0.05) is 29.4 Å². The fourth-order valence-corrected chi connectivity index (χ4v) is 2.32. The zero-order valence-corrected chi connectivity index (χ0v) is 15.1. The second kappa shape index (κ2) is 8.23. The van der Waals surface area contributed by atoms with Crippen molar-refractivity contribution >= 4 is 11.6 Å². The summed E-state index contributed by atoms with van der Waals surface area (Å²) in [6, 6.07) is 7.38. The number of carbonyl (C=O) groups excluding carboxylic acids is 1. The van der Waals surface area contributed by atoms with E-state index in [9.17, 15) is 4.79 Å². The molecule has 1 aromatic heterocycles. The molecule has 0 unspecified atom stereocenters. The largest absolute Gasteiger partial charge is 0.472 e. The van der Waals surface area contributed by atoms with Crippen molar-refractivity contribution in [3.8, 4) is 5.88 Å². The minimum Gasteiger partial charge on any atom is -0.472 e. The fraction of sp³-hybridized carbons (Fsp3) is 0.333. The van der Waals surface area contributed by atoms with Gasteiger partial charge in [0, 0.05) is 23.9 Å². The summed E-state index contributed by atoms with van der Waals surface area (Å²) in [7, 11) is 2.94. The molecule has 0 atom stereocenters. The van der Waals surface area contributed by atoms with E-state index < -0.39 is 0 Å². The second-order valence-corrected chi connectivity index (χ2v) is 5.43. The molecule has 0 fully saturated rings. The molecule has 7 heteroatoms. The van der Waals surface area contributed by atoms with Crippen molar-refractivity contribution < 1.29 is 14.4 Å². The Kier molecular flexibility index (Phi) is 6.05. The van der Waals surface area contributed by atoms with E-state index in [-0.39, 0.29) is 18.2 Å². The normalized spacial score (nSPS) is 11.2. The van der Waals surface area contributed by atoms with E-state index in [0.29, 0.717) is 17.3 Å². The Labute approximate surface area is 147 Å². The smallest absolute Gasteiger partial charge is 0.273 e. The third-order valence-electron chi connectivity index (χ3n) is 3.72. The van der Waals surface area contributed by atoms with Gasteiger partial charge in [0.1, 0.15) is 19.5 Å². The molecule has 7 nitrogen and oxygen atoms in total. The molecule has 2 rings (SSSR count). The van der Waals surface area contributed by atoms with Gasteiger partial charge in [-0.2, -0.15) is 4.98 Å². The number of nitrogens with zero attached hydrogens (tertiary/aromatic N) is 3. The highest BCUT2D eigenvalue weighted by Gasteiger charge is 2.18. The molecule has 0 spiro atoms. The van der Waals surface area contributed by atoms with Crippen molar-refractivity contribution in [2.24, 2.45) is 5.16 Å². The Bertz CT molecular complexity index is 803. The number of benzene rings is 1. The van der Waals surface area contributed by atoms with Gasteiger partial charge in [0.2, 0.25) is 5.88 Å². The Balaban J connectivity index is 2.33. The van der Waals surface area contributed by atoms with Crippen LogP contribution >= 0.6 is 0 Å². The van der Waals surface area contributed by atoms with Crippen LogP contribution in [-0.4, -0.2) is 35.7 Å². The van der Waals surface area contributed by atoms with Crippen molar-refractivity contribution in [3.05, 3.63) is 52.5 Å². The summed E-state index contributed by atoms with van der Waals surface area (Å²) in [5.41, 5.74) is 3.40. The average Bonchev–Trinajstić information content (AvgIpc) is 2.61. The third kappa shape index (κ3) is 4.32. The summed E-state index contributed by atoms with van der Waals surface area (Å²) in [5, 5.41) is 6.41. The van der Waals surface area contributed by atoms with E-state index in [1.807, 2.05) is 39.0 Å². The van der Waals surface area contributed by atoms with Crippen LogP contribution in [0.3, 0.4) is 0 Å². The monoisotopic (exact) mass is 342 g/mol. The summed E-state index contributed by atoms with van der Waals surface area (Å²) < 4.78 is 5.89. The molecule has 0 aliphatic rings. The van der Waals surface area contributed by atoms with Gasteiger partial charge >= 0.3 is 0 Å². The molecule has 1 heterocycles. The van der Waals surface area contributed by atoms with Crippen LogP contribution in [0, 0.1) is 20.8 Å². The van der Waals surface area contributed by atoms with Gasteiger partial charge in [-0.3, -0.25) is 4.79 Å². The number of aryl methyl sites for hydroxylation is 2. The van der Waals surface area contributed by atoms with Crippen molar-refractivity contribution in [3.63, 3.8) is 0 Å². The van der Waals surface area contributed by atoms with Crippen molar-refractivity contribution in [1.82, 2.24) is 15.3 Å². The average molecular weight is 342 g/mol. The van der Waals surface area contributed by atoms with E-state index in [4.69, 9.17) is 9.57 Å². The number of hydrogen-bond donors (Lipinski definition) is 1. The van der Waals surface area contributed by atoms with Gasteiger partial charge in [-0.25, -0.2) is 4.98 Å². The fourth-order valence-electron chi connectivity index (χ4n) is 2.32. The first-order valence-corrected chi connectivity index (χ1v) is 7.84. The van der Waals surface area contributed by atoms with Crippen LogP contribution in [0.4, 0.5) is 0 Å². The molecule has 2 aromatic rings. The Morgan fingerprint density at radius 2 is 1.92 bits per heavy atom. The van der Waals surface area contributed by atoms with E-state index in [1.54, 1.807) is 13.1 Å². The van der Waals surface area contributed by atoms with Gasteiger partial charge in [0.05, 0.1) is 0 Å². The summed E-state index contributed by atoms with van der Waals surface area (Å²) in [6.45, 7) is 5.90. The van der Waals surface area contributed by atoms with Crippen molar-refractivity contribution in [2.75, 3.05) is 14.2 Å². The van der Waals surface area contributed by atoms with Gasteiger partial charge < -0.3 is 14.9 Å². The van der Waals surface area contributed by atoms with Crippen molar-refractivity contribution in [1.29, 1.82) is 0 Å². The molecule has 0 bridgehead atoms. The number of aromatic nitrogens is 2. The van der Waals surface area contributed by atoms with Crippen LogP contribution in [0.15, 0.2) is 29.4 Å². The van der Waals surface area contributed by atoms with Crippen LogP contribution in [0.25, 0.3) is 0 Å². The SMILES string of the molecule is CNC(=O)/C(=N/OC)c1ccccc1COc1nc(C)nc(C)c1C. The minimum atomic E-state index is -0.334. The maximum Gasteiger partial charge on any atom is 0.273 e. The van der Waals surface area contributed by atoms with Gasteiger partial charge in [0.25, 0.3) is 5.91 Å². The maximum absolute atomic E-state index is 12.1. The summed E-state index contributed by atoms with van der Waals surface area (Å²) in [5.74, 6) is 0.850. The van der Waals surface area contributed by atoms with Gasteiger partial charge in [-0.15, -0.1) is 0 Å². The Morgan fingerprint density at radius 1 is 1.20 bits per heavy atom. The predicted molar refractivity (Wildman–Crippen MR) is 94.6 cm³/mol. The van der Waals surface area contributed by atoms with Crippen LogP contribution in [0.1, 0.15) is 28.2 Å². The molecule has 0 aliphatic carbocycles.